The average Bonchev–Trinajstić information content (AvgIpc) is 3.24. The first kappa shape index (κ1) is 17.8. The Morgan fingerprint density at radius 3 is 2.32 bits per heavy atom. The van der Waals surface area contributed by atoms with Gasteiger partial charge in [0.25, 0.3) is 0 Å². The number of nitrogens with zero attached hydrogens (tertiary/aromatic N) is 1. The number of likely N-dealkylation sites (tertiary alicyclic amines) is 1. The normalized spacial score (nSPS) is 26.8. The van der Waals surface area contributed by atoms with Gasteiger partial charge in [0, 0.05) is 19.0 Å². The van der Waals surface area contributed by atoms with Crippen molar-refractivity contribution in [2.24, 2.45) is 11.8 Å². The zero-order chi connectivity index (χ0) is 18.2. The molecule has 8 heteroatoms. The third-order valence-corrected chi connectivity index (χ3v) is 7.36. The molecule has 0 aromatic heterocycles. The SMILES string of the molecule is O=C(O)C1CCC(C(=O)N2CCC(S(=O)(=O)c3ccc(F)cc3)C2)C1. The zero-order valence-electron chi connectivity index (χ0n) is 13.6. The molecule has 3 atom stereocenters. The van der Waals surface area contributed by atoms with Crippen LogP contribution in [0.2, 0.25) is 0 Å². The van der Waals surface area contributed by atoms with Gasteiger partial charge in [-0.25, -0.2) is 12.8 Å². The second-order valence-corrected chi connectivity index (χ2v) is 8.97. The molecule has 1 saturated carbocycles. The molecule has 6 nitrogen and oxygen atoms in total. The summed E-state index contributed by atoms with van der Waals surface area (Å²) < 4.78 is 38.3. The fourth-order valence-corrected chi connectivity index (χ4v) is 5.38. The molecule has 1 heterocycles. The highest BCUT2D eigenvalue weighted by Gasteiger charge is 2.41. The molecule has 3 rings (SSSR count). The minimum atomic E-state index is -3.62. The van der Waals surface area contributed by atoms with Crippen LogP contribution in [0, 0.1) is 17.7 Å². The van der Waals surface area contributed by atoms with Gasteiger partial charge in [-0.15, -0.1) is 0 Å². The van der Waals surface area contributed by atoms with Gasteiger partial charge in [0.2, 0.25) is 5.91 Å². The molecule has 2 fully saturated rings. The lowest BCUT2D eigenvalue weighted by Gasteiger charge is -2.20. The van der Waals surface area contributed by atoms with Crippen LogP contribution in [-0.2, 0) is 19.4 Å². The van der Waals surface area contributed by atoms with Crippen LogP contribution in [0.15, 0.2) is 29.2 Å². The van der Waals surface area contributed by atoms with Crippen LogP contribution in [0.3, 0.4) is 0 Å². The predicted octanol–water partition coefficient (Wildman–Crippen LogP) is 1.70. The Kier molecular flexibility index (Phi) is 4.81. The molecule has 1 aromatic carbocycles. The summed E-state index contributed by atoms with van der Waals surface area (Å²) in [6.45, 7) is 0.449. The molecule has 0 spiro atoms. The van der Waals surface area contributed by atoms with Gasteiger partial charge >= 0.3 is 5.97 Å². The second kappa shape index (κ2) is 6.74. The monoisotopic (exact) mass is 369 g/mol. The number of hydrogen-bond acceptors (Lipinski definition) is 4. The van der Waals surface area contributed by atoms with Crippen molar-refractivity contribution in [1.29, 1.82) is 0 Å². The standard InChI is InChI=1S/C17H20FNO5S/c18-13-3-5-14(6-4-13)25(23,24)15-7-8-19(10-15)16(20)11-1-2-12(9-11)17(21)22/h3-6,11-12,15H,1-2,7-10H2,(H,21,22). The summed E-state index contributed by atoms with van der Waals surface area (Å²) in [4.78, 5) is 25.2. The van der Waals surface area contributed by atoms with Gasteiger partial charge in [-0.1, -0.05) is 0 Å². The number of hydrogen-bond donors (Lipinski definition) is 1. The maximum atomic E-state index is 13.0. The number of carboxylic acids is 1. The summed E-state index contributed by atoms with van der Waals surface area (Å²) >= 11 is 0. The van der Waals surface area contributed by atoms with Crippen molar-refractivity contribution < 1.29 is 27.5 Å². The zero-order valence-corrected chi connectivity index (χ0v) is 14.4. The number of aliphatic carboxylic acids is 1. The molecule has 2 aliphatic rings. The fourth-order valence-electron chi connectivity index (χ4n) is 3.69. The number of carbonyl (C=O) groups excluding carboxylic acids is 1. The number of rotatable bonds is 4. The Morgan fingerprint density at radius 2 is 1.72 bits per heavy atom. The molecule has 1 amide bonds. The molecule has 25 heavy (non-hydrogen) atoms. The Balaban J connectivity index is 1.66. The predicted molar refractivity (Wildman–Crippen MR) is 87.0 cm³/mol. The summed E-state index contributed by atoms with van der Waals surface area (Å²) in [6.07, 6.45) is 1.67. The van der Waals surface area contributed by atoms with Gasteiger partial charge in [0.1, 0.15) is 5.82 Å². The van der Waals surface area contributed by atoms with Crippen LogP contribution in [-0.4, -0.2) is 48.6 Å². The molecule has 0 radical (unpaired) electrons. The minimum absolute atomic E-state index is 0.0556. The van der Waals surface area contributed by atoms with Crippen LogP contribution >= 0.6 is 0 Å². The summed E-state index contributed by atoms with van der Waals surface area (Å²) in [5.74, 6) is -2.37. The smallest absolute Gasteiger partial charge is 0.306 e. The highest BCUT2D eigenvalue weighted by Crippen LogP contribution is 2.34. The molecule has 136 valence electrons. The van der Waals surface area contributed by atoms with E-state index in [1.165, 1.54) is 17.0 Å². The number of carboxylic acid groups (broad SMARTS) is 1. The first-order chi connectivity index (χ1) is 11.8. The molecule has 3 unspecified atom stereocenters. The van der Waals surface area contributed by atoms with Crippen molar-refractivity contribution in [3.05, 3.63) is 30.1 Å². The molecular formula is C17H20FNO5S. The van der Waals surface area contributed by atoms with Gasteiger partial charge in [0.15, 0.2) is 9.84 Å². The van der Waals surface area contributed by atoms with Crippen molar-refractivity contribution in [2.75, 3.05) is 13.1 Å². The van der Waals surface area contributed by atoms with E-state index < -0.39 is 32.8 Å². The number of carbonyl (C=O) groups is 2. The third-order valence-electron chi connectivity index (χ3n) is 5.17. The fraction of sp³-hybridized carbons (Fsp3) is 0.529. The minimum Gasteiger partial charge on any atom is -0.481 e. The Morgan fingerprint density at radius 1 is 1.08 bits per heavy atom. The summed E-state index contributed by atoms with van der Waals surface area (Å²) in [7, 11) is -3.62. The summed E-state index contributed by atoms with van der Waals surface area (Å²) in [6, 6.07) is 4.69. The molecule has 1 saturated heterocycles. The van der Waals surface area contributed by atoms with Gasteiger partial charge in [-0.05, 0) is 49.9 Å². The van der Waals surface area contributed by atoms with E-state index in [4.69, 9.17) is 5.11 Å². The van der Waals surface area contributed by atoms with Gasteiger partial charge in [-0.2, -0.15) is 0 Å². The number of amides is 1. The Hall–Kier alpha value is -1.96. The maximum Gasteiger partial charge on any atom is 0.306 e. The van der Waals surface area contributed by atoms with Gasteiger partial charge < -0.3 is 10.0 Å². The summed E-state index contributed by atoms with van der Waals surface area (Å²) in [5, 5.41) is 8.33. The van der Waals surface area contributed by atoms with Crippen LogP contribution in [0.5, 0.6) is 0 Å². The first-order valence-corrected chi connectivity index (χ1v) is 9.84. The quantitative estimate of drug-likeness (QED) is 0.816. The number of halogens is 1. The van der Waals surface area contributed by atoms with Crippen LogP contribution in [0.25, 0.3) is 0 Å². The van der Waals surface area contributed by atoms with Crippen LogP contribution < -0.4 is 0 Å². The van der Waals surface area contributed by atoms with E-state index in [9.17, 15) is 22.4 Å². The highest BCUT2D eigenvalue weighted by atomic mass is 32.2. The lowest BCUT2D eigenvalue weighted by atomic mass is 10.0. The van der Waals surface area contributed by atoms with Gasteiger partial charge in [-0.3, -0.25) is 9.59 Å². The van der Waals surface area contributed by atoms with E-state index in [0.717, 1.165) is 12.1 Å². The van der Waals surface area contributed by atoms with Crippen LogP contribution in [0.4, 0.5) is 4.39 Å². The molecule has 1 aliphatic carbocycles. The highest BCUT2D eigenvalue weighted by molar-refractivity contribution is 7.92. The lowest BCUT2D eigenvalue weighted by molar-refractivity contribution is -0.141. The molecule has 1 aliphatic heterocycles. The molecule has 0 bridgehead atoms. The number of sulfone groups is 1. The van der Waals surface area contributed by atoms with E-state index in [-0.39, 0.29) is 23.3 Å². The van der Waals surface area contributed by atoms with E-state index in [0.29, 0.717) is 32.2 Å². The first-order valence-electron chi connectivity index (χ1n) is 8.30. The van der Waals surface area contributed by atoms with E-state index in [1.807, 2.05) is 0 Å². The maximum absolute atomic E-state index is 13.0. The molecule has 1 N–H and O–H groups in total. The topological polar surface area (TPSA) is 91.8 Å². The second-order valence-electron chi connectivity index (χ2n) is 6.74. The van der Waals surface area contributed by atoms with E-state index in [1.54, 1.807) is 0 Å². The third kappa shape index (κ3) is 3.53. The average molecular weight is 369 g/mol. The summed E-state index contributed by atoms with van der Waals surface area (Å²) in [5.41, 5.74) is 0. The van der Waals surface area contributed by atoms with Crippen molar-refractivity contribution in [3.8, 4) is 0 Å². The molecule has 1 aromatic rings. The van der Waals surface area contributed by atoms with Crippen molar-refractivity contribution >= 4 is 21.7 Å². The van der Waals surface area contributed by atoms with E-state index in [2.05, 4.69) is 0 Å². The number of benzene rings is 1. The van der Waals surface area contributed by atoms with E-state index >= 15 is 0 Å². The largest absolute Gasteiger partial charge is 0.481 e. The Labute approximate surface area is 145 Å². The van der Waals surface area contributed by atoms with Crippen molar-refractivity contribution in [1.82, 2.24) is 4.90 Å². The van der Waals surface area contributed by atoms with Gasteiger partial charge in [0.05, 0.1) is 16.1 Å². The lowest BCUT2D eigenvalue weighted by Crippen LogP contribution is -2.35. The van der Waals surface area contributed by atoms with Crippen molar-refractivity contribution in [3.63, 3.8) is 0 Å². The van der Waals surface area contributed by atoms with Crippen molar-refractivity contribution in [2.45, 2.75) is 35.8 Å². The molecular weight excluding hydrogens is 349 g/mol. The Bertz CT molecular complexity index is 777. The van der Waals surface area contributed by atoms with Crippen LogP contribution in [0.1, 0.15) is 25.7 Å².